The summed E-state index contributed by atoms with van der Waals surface area (Å²) >= 11 is 0. The largest absolute Gasteiger partial charge is 0.390 e. The summed E-state index contributed by atoms with van der Waals surface area (Å²) in [6.07, 6.45) is 2.24. The number of hydrogen-bond donors (Lipinski definition) is 1. The van der Waals surface area contributed by atoms with Crippen LogP contribution in [0.3, 0.4) is 0 Å². The van der Waals surface area contributed by atoms with Gasteiger partial charge in [-0.3, -0.25) is 14.3 Å². The molecule has 1 saturated heterocycles. The van der Waals surface area contributed by atoms with Crippen molar-refractivity contribution in [3.63, 3.8) is 0 Å². The number of benzene rings is 2. The molecule has 1 aromatic heterocycles. The van der Waals surface area contributed by atoms with Crippen molar-refractivity contribution in [2.24, 2.45) is 7.05 Å². The predicted molar refractivity (Wildman–Crippen MR) is 119 cm³/mol. The van der Waals surface area contributed by atoms with Gasteiger partial charge in [0.05, 0.1) is 12.1 Å². The summed E-state index contributed by atoms with van der Waals surface area (Å²) in [6, 6.07) is 19.3. The lowest BCUT2D eigenvalue weighted by molar-refractivity contribution is 0.0430. The fourth-order valence-corrected chi connectivity index (χ4v) is 4.56. The van der Waals surface area contributed by atoms with E-state index in [9.17, 15) is 14.7 Å². The van der Waals surface area contributed by atoms with Gasteiger partial charge < -0.3 is 10.0 Å². The second-order valence-corrected chi connectivity index (χ2v) is 8.16. The van der Waals surface area contributed by atoms with Crippen LogP contribution in [0.4, 0.5) is 0 Å². The number of aryl methyl sites for hydroxylation is 2. The number of nitrogens with zero attached hydrogens (tertiary/aromatic N) is 3. The molecule has 1 aliphatic rings. The quantitative estimate of drug-likeness (QED) is 0.693. The number of carbonyl (C=O) groups excluding carboxylic acids is 1. The Bertz CT molecular complexity index is 1070. The molecule has 0 saturated carbocycles. The van der Waals surface area contributed by atoms with Gasteiger partial charge in [-0.1, -0.05) is 60.7 Å². The molecule has 0 radical (unpaired) electrons. The van der Waals surface area contributed by atoms with Crippen molar-refractivity contribution >= 4 is 5.91 Å². The average Bonchev–Trinajstić information content (AvgIpc) is 3.27. The molecule has 160 valence electrons. The summed E-state index contributed by atoms with van der Waals surface area (Å²) < 4.78 is 1.49. The maximum absolute atomic E-state index is 13.3. The molecule has 0 spiro atoms. The molecule has 2 aromatic carbocycles. The monoisotopic (exact) mass is 417 g/mol. The summed E-state index contributed by atoms with van der Waals surface area (Å²) in [5.74, 6) is -0.695. The molecule has 2 heterocycles. The SMILES string of the molecule is Cc1cn(C)nc(C(=O)N2CCC[C@H]2[C@H](O)C(c2ccccc2)c2ccccc2)c1=O. The van der Waals surface area contributed by atoms with Crippen molar-refractivity contribution < 1.29 is 9.90 Å². The summed E-state index contributed by atoms with van der Waals surface area (Å²) in [5, 5.41) is 15.7. The van der Waals surface area contributed by atoms with E-state index in [1.807, 2.05) is 60.7 Å². The Morgan fingerprint density at radius 2 is 1.65 bits per heavy atom. The molecule has 2 atom stereocenters. The molecular weight excluding hydrogens is 390 g/mol. The standard InChI is InChI=1S/C25H27N3O3/c1-17-16-27(2)26-22(23(17)29)25(31)28-15-9-14-20(28)24(30)21(18-10-5-3-6-11-18)19-12-7-4-8-13-19/h3-8,10-13,16,20-21,24,30H,9,14-15H2,1-2H3/t20-,24-/m0/s1. The molecular formula is C25H27N3O3. The minimum atomic E-state index is -0.815. The highest BCUT2D eigenvalue weighted by Crippen LogP contribution is 2.34. The van der Waals surface area contributed by atoms with Gasteiger partial charge in [-0.25, -0.2) is 0 Å². The number of hydrogen-bond acceptors (Lipinski definition) is 4. The lowest BCUT2D eigenvalue weighted by atomic mass is 9.83. The number of carbonyl (C=O) groups is 1. The van der Waals surface area contributed by atoms with Crippen LogP contribution in [0, 0.1) is 6.92 Å². The lowest BCUT2D eigenvalue weighted by Gasteiger charge is -2.34. The smallest absolute Gasteiger partial charge is 0.278 e. The van der Waals surface area contributed by atoms with E-state index < -0.39 is 18.1 Å². The maximum atomic E-state index is 13.3. The van der Waals surface area contributed by atoms with Crippen molar-refractivity contribution in [3.8, 4) is 0 Å². The molecule has 1 fully saturated rings. The molecule has 4 rings (SSSR count). The zero-order valence-corrected chi connectivity index (χ0v) is 17.8. The maximum Gasteiger partial charge on any atom is 0.278 e. The minimum Gasteiger partial charge on any atom is -0.390 e. The van der Waals surface area contributed by atoms with E-state index in [4.69, 9.17) is 0 Å². The highest BCUT2D eigenvalue weighted by molar-refractivity contribution is 5.92. The van der Waals surface area contributed by atoms with Crippen molar-refractivity contribution in [2.75, 3.05) is 6.54 Å². The number of aliphatic hydroxyl groups is 1. The molecule has 31 heavy (non-hydrogen) atoms. The molecule has 6 heteroatoms. The van der Waals surface area contributed by atoms with Crippen LogP contribution in [0.2, 0.25) is 0 Å². The summed E-state index contributed by atoms with van der Waals surface area (Å²) in [5.41, 5.74) is 2.02. The van der Waals surface area contributed by atoms with Crippen molar-refractivity contribution in [2.45, 2.75) is 37.8 Å². The Morgan fingerprint density at radius 3 is 2.23 bits per heavy atom. The van der Waals surface area contributed by atoms with Crippen molar-refractivity contribution in [1.29, 1.82) is 0 Å². The zero-order chi connectivity index (χ0) is 22.0. The molecule has 0 unspecified atom stereocenters. The molecule has 3 aromatic rings. The van der Waals surface area contributed by atoms with Crippen LogP contribution < -0.4 is 5.43 Å². The second-order valence-electron chi connectivity index (χ2n) is 8.16. The van der Waals surface area contributed by atoms with E-state index in [1.165, 1.54) is 4.68 Å². The Labute approximate surface area is 181 Å². The van der Waals surface area contributed by atoms with E-state index in [-0.39, 0.29) is 17.0 Å². The highest BCUT2D eigenvalue weighted by atomic mass is 16.3. The number of likely N-dealkylation sites (tertiary alicyclic amines) is 1. The number of aliphatic hydroxyl groups excluding tert-OH is 1. The van der Waals surface area contributed by atoms with Gasteiger partial charge in [-0.2, -0.15) is 5.10 Å². The van der Waals surface area contributed by atoms with Gasteiger partial charge in [0.15, 0.2) is 5.69 Å². The molecule has 1 N–H and O–H groups in total. The number of amides is 1. The Hall–Kier alpha value is -3.25. The first-order valence-electron chi connectivity index (χ1n) is 10.6. The third kappa shape index (κ3) is 4.16. The third-order valence-corrected chi connectivity index (χ3v) is 6.03. The average molecular weight is 418 g/mol. The van der Waals surface area contributed by atoms with Crippen LogP contribution in [-0.2, 0) is 7.05 Å². The van der Waals surface area contributed by atoms with E-state index in [2.05, 4.69) is 5.10 Å². The molecule has 6 nitrogen and oxygen atoms in total. The van der Waals surface area contributed by atoms with E-state index >= 15 is 0 Å². The normalized spacial score (nSPS) is 17.2. The number of aromatic nitrogens is 2. The zero-order valence-electron chi connectivity index (χ0n) is 17.8. The van der Waals surface area contributed by atoms with E-state index in [1.54, 1.807) is 25.1 Å². The van der Waals surface area contributed by atoms with Crippen LogP contribution in [0.1, 0.15) is 45.9 Å². The van der Waals surface area contributed by atoms with E-state index in [0.717, 1.165) is 17.5 Å². The minimum absolute atomic E-state index is 0.0856. The first kappa shape index (κ1) is 21.0. The fraction of sp³-hybridized carbons (Fsp3) is 0.320. The topological polar surface area (TPSA) is 75.4 Å². The Morgan fingerprint density at radius 1 is 1.06 bits per heavy atom. The van der Waals surface area contributed by atoms with Gasteiger partial charge in [0.2, 0.25) is 5.43 Å². The van der Waals surface area contributed by atoms with Crippen LogP contribution >= 0.6 is 0 Å². The summed E-state index contributed by atoms with van der Waals surface area (Å²) in [4.78, 5) is 27.5. The number of rotatable bonds is 5. The van der Waals surface area contributed by atoms with Gasteiger partial charge in [0.25, 0.3) is 5.91 Å². The highest BCUT2D eigenvalue weighted by Gasteiger charge is 2.40. The van der Waals surface area contributed by atoms with Gasteiger partial charge in [-0.15, -0.1) is 0 Å². The van der Waals surface area contributed by atoms with Gasteiger partial charge in [-0.05, 0) is 30.9 Å². The first-order valence-corrected chi connectivity index (χ1v) is 10.6. The van der Waals surface area contributed by atoms with Crippen LogP contribution in [0.25, 0.3) is 0 Å². The summed E-state index contributed by atoms with van der Waals surface area (Å²) in [7, 11) is 1.69. The second kappa shape index (κ2) is 8.86. The van der Waals surface area contributed by atoms with Crippen molar-refractivity contribution in [1.82, 2.24) is 14.7 Å². The third-order valence-electron chi connectivity index (χ3n) is 6.03. The summed E-state index contributed by atoms with van der Waals surface area (Å²) in [6.45, 7) is 2.17. The molecule has 1 aliphatic heterocycles. The fourth-order valence-electron chi connectivity index (χ4n) is 4.56. The van der Waals surface area contributed by atoms with Crippen molar-refractivity contribution in [3.05, 3.63) is 99.5 Å². The predicted octanol–water partition coefficient (Wildman–Crippen LogP) is 2.89. The molecule has 0 aliphatic carbocycles. The van der Waals surface area contributed by atoms with Gasteiger partial charge in [0, 0.05) is 31.3 Å². The van der Waals surface area contributed by atoms with Gasteiger partial charge in [0.1, 0.15) is 0 Å². The molecule has 0 bridgehead atoms. The van der Waals surface area contributed by atoms with E-state index in [0.29, 0.717) is 18.5 Å². The van der Waals surface area contributed by atoms with Crippen LogP contribution in [-0.4, -0.2) is 44.4 Å². The Balaban J connectivity index is 1.70. The lowest BCUT2D eigenvalue weighted by Crippen LogP contribution is -2.47. The van der Waals surface area contributed by atoms with Crippen LogP contribution in [0.15, 0.2) is 71.7 Å². The Kier molecular flexibility index (Phi) is 6.00. The first-order chi connectivity index (χ1) is 15.0. The van der Waals surface area contributed by atoms with Gasteiger partial charge >= 0.3 is 0 Å². The molecule has 1 amide bonds. The van der Waals surface area contributed by atoms with Crippen LogP contribution in [0.5, 0.6) is 0 Å².